The molecule has 3 heteroatoms. The highest BCUT2D eigenvalue weighted by atomic mass is 16.3. The summed E-state index contributed by atoms with van der Waals surface area (Å²) < 4.78 is 0. The number of aliphatic hydroxyl groups excluding tert-OH is 1. The summed E-state index contributed by atoms with van der Waals surface area (Å²) in [6.45, 7) is 1.69. The van der Waals surface area contributed by atoms with Crippen molar-refractivity contribution in [2.75, 3.05) is 5.32 Å². The summed E-state index contributed by atoms with van der Waals surface area (Å²) in [6.07, 6.45) is 1.38. The lowest BCUT2D eigenvalue weighted by Crippen LogP contribution is -2.12. The second-order valence-corrected chi connectivity index (χ2v) is 3.10. The zero-order valence-electron chi connectivity index (χ0n) is 7.41. The molecule has 3 nitrogen and oxygen atoms in total. The van der Waals surface area contributed by atoms with Crippen LogP contribution >= 0.6 is 0 Å². The molecule has 0 fully saturated rings. The molecule has 0 aliphatic carbocycles. The minimum absolute atomic E-state index is 0.521. The molecule has 0 radical (unpaired) electrons. The predicted octanol–water partition coefficient (Wildman–Crippen LogP) is 1.92. The van der Waals surface area contributed by atoms with Crippen LogP contribution in [0.15, 0.2) is 30.5 Å². The molecule has 0 aliphatic rings. The minimum atomic E-state index is -0.521. The third kappa shape index (κ3) is 1.65. The molecule has 13 heavy (non-hydrogen) atoms. The highest BCUT2D eigenvalue weighted by Crippen LogP contribution is 2.17. The van der Waals surface area contributed by atoms with E-state index in [1.165, 1.54) is 5.39 Å². The van der Waals surface area contributed by atoms with Gasteiger partial charge in [-0.1, -0.05) is 6.07 Å². The first-order valence-electron chi connectivity index (χ1n) is 4.27. The van der Waals surface area contributed by atoms with E-state index in [4.69, 9.17) is 5.11 Å². The lowest BCUT2D eigenvalue weighted by molar-refractivity contribution is 0.224. The molecule has 1 aromatic heterocycles. The van der Waals surface area contributed by atoms with Crippen molar-refractivity contribution >= 4 is 16.6 Å². The Labute approximate surface area is 76.4 Å². The van der Waals surface area contributed by atoms with Crippen LogP contribution in [0, 0.1) is 0 Å². The molecule has 1 aromatic carbocycles. The van der Waals surface area contributed by atoms with E-state index in [1.54, 1.807) is 6.92 Å². The molecular weight excluding hydrogens is 164 g/mol. The Bertz CT molecular complexity index is 406. The van der Waals surface area contributed by atoms with Crippen LogP contribution < -0.4 is 5.32 Å². The molecular formula is C10H12N2O. The molecule has 1 unspecified atom stereocenters. The third-order valence-corrected chi connectivity index (χ3v) is 1.93. The lowest BCUT2D eigenvalue weighted by atomic mass is 10.2. The number of hydrogen-bond acceptors (Lipinski definition) is 2. The first-order chi connectivity index (χ1) is 6.25. The van der Waals surface area contributed by atoms with Crippen LogP contribution in [-0.2, 0) is 0 Å². The van der Waals surface area contributed by atoms with Crippen molar-refractivity contribution in [3.05, 3.63) is 30.5 Å². The van der Waals surface area contributed by atoms with Gasteiger partial charge in [0, 0.05) is 17.4 Å². The molecule has 3 N–H and O–H groups in total. The molecule has 0 spiro atoms. The molecule has 68 valence electrons. The SMILES string of the molecule is CC(O)Nc1ccc2cc[nH]c2c1. The van der Waals surface area contributed by atoms with Crippen LogP contribution in [0.25, 0.3) is 10.9 Å². The highest BCUT2D eigenvalue weighted by Gasteiger charge is 1.98. The smallest absolute Gasteiger partial charge is 0.121 e. The van der Waals surface area contributed by atoms with Gasteiger partial charge in [0.15, 0.2) is 0 Å². The minimum Gasteiger partial charge on any atom is -0.374 e. The molecule has 1 heterocycles. The number of aliphatic hydroxyl groups is 1. The third-order valence-electron chi connectivity index (χ3n) is 1.93. The quantitative estimate of drug-likeness (QED) is 0.612. The van der Waals surface area contributed by atoms with Gasteiger partial charge in [-0.25, -0.2) is 0 Å². The van der Waals surface area contributed by atoms with Crippen LogP contribution in [0.1, 0.15) is 6.92 Å². The monoisotopic (exact) mass is 176 g/mol. The number of fused-ring (bicyclic) bond motifs is 1. The Morgan fingerprint density at radius 2 is 2.23 bits per heavy atom. The van der Waals surface area contributed by atoms with Gasteiger partial charge in [-0.2, -0.15) is 0 Å². The number of rotatable bonds is 2. The first kappa shape index (κ1) is 8.13. The van der Waals surface area contributed by atoms with Crippen LogP contribution in [0.5, 0.6) is 0 Å². The summed E-state index contributed by atoms with van der Waals surface area (Å²) in [5.41, 5.74) is 2.00. The molecule has 1 atom stereocenters. The number of aromatic nitrogens is 1. The van der Waals surface area contributed by atoms with Crippen molar-refractivity contribution in [1.82, 2.24) is 4.98 Å². The number of benzene rings is 1. The second kappa shape index (κ2) is 3.11. The van der Waals surface area contributed by atoms with Gasteiger partial charge < -0.3 is 15.4 Å². The fourth-order valence-corrected chi connectivity index (χ4v) is 1.38. The lowest BCUT2D eigenvalue weighted by Gasteiger charge is -2.08. The summed E-state index contributed by atoms with van der Waals surface area (Å²) >= 11 is 0. The van der Waals surface area contributed by atoms with Gasteiger partial charge in [0.2, 0.25) is 0 Å². The molecule has 0 saturated carbocycles. The average molecular weight is 176 g/mol. The highest BCUT2D eigenvalue weighted by molar-refractivity contribution is 5.82. The summed E-state index contributed by atoms with van der Waals surface area (Å²) in [5.74, 6) is 0. The molecule has 2 aromatic rings. The van der Waals surface area contributed by atoms with E-state index in [1.807, 2.05) is 30.5 Å². The van der Waals surface area contributed by atoms with Gasteiger partial charge >= 0.3 is 0 Å². The average Bonchev–Trinajstić information content (AvgIpc) is 2.49. The number of aromatic amines is 1. The summed E-state index contributed by atoms with van der Waals surface area (Å²) in [5, 5.41) is 13.2. The standard InChI is InChI=1S/C10H12N2O/c1-7(13)12-9-3-2-8-4-5-11-10(8)6-9/h2-7,11-13H,1H3. The van der Waals surface area contributed by atoms with Gasteiger partial charge in [-0.05, 0) is 30.5 Å². The largest absolute Gasteiger partial charge is 0.374 e. The fraction of sp³-hybridized carbons (Fsp3) is 0.200. The Kier molecular flexibility index (Phi) is 1.94. The van der Waals surface area contributed by atoms with Gasteiger partial charge in [0.25, 0.3) is 0 Å². The topological polar surface area (TPSA) is 48.0 Å². The number of H-pyrrole nitrogens is 1. The van der Waals surface area contributed by atoms with Crippen molar-refractivity contribution in [3.8, 4) is 0 Å². The van der Waals surface area contributed by atoms with E-state index in [0.29, 0.717) is 0 Å². The van der Waals surface area contributed by atoms with Gasteiger partial charge in [-0.15, -0.1) is 0 Å². The van der Waals surface area contributed by atoms with E-state index < -0.39 is 6.23 Å². The summed E-state index contributed by atoms with van der Waals surface area (Å²) in [7, 11) is 0. The normalized spacial score (nSPS) is 13.1. The predicted molar refractivity (Wildman–Crippen MR) is 53.6 cm³/mol. The maximum atomic E-state index is 9.11. The fourth-order valence-electron chi connectivity index (χ4n) is 1.38. The van der Waals surface area contributed by atoms with E-state index in [-0.39, 0.29) is 0 Å². The van der Waals surface area contributed by atoms with Crippen molar-refractivity contribution in [2.45, 2.75) is 13.2 Å². The Balaban J connectivity index is 2.37. The van der Waals surface area contributed by atoms with Crippen LogP contribution in [0.3, 0.4) is 0 Å². The van der Waals surface area contributed by atoms with Crippen molar-refractivity contribution < 1.29 is 5.11 Å². The number of hydrogen-bond donors (Lipinski definition) is 3. The van der Waals surface area contributed by atoms with Crippen LogP contribution in [0.2, 0.25) is 0 Å². The Morgan fingerprint density at radius 1 is 1.38 bits per heavy atom. The van der Waals surface area contributed by atoms with Gasteiger partial charge in [0.1, 0.15) is 6.23 Å². The molecule has 0 amide bonds. The zero-order chi connectivity index (χ0) is 9.26. The molecule has 0 bridgehead atoms. The Hall–Kier alpha value is -1.48. The second-order valence-electron chi connectivity index (χ2n) is 3.10. The maximum Gasteiger partial charge on any atom is 0.121 e. The Morgan fingerprint density at radius 3 is 3.00 bits per heavy atom. The molecule has 0 saturated heterocycles. The van der Waals surface area contributed by atoms with E-state index in [0.717, 1.165) is 11.2 Å². The summed E-state index contributed by atoms with van der Waals surface area (Å²) in [6, 6.07) is 7.95. The van der Waals surface area contributed by atoms with Gasteiger partial charge in [-0.3, -0.25) is 0 Å². The zero-order valence-corrected chi connectivity index (χ0v) is 7.41. The number of nitrogens with one attached hydrogen (secondary N) is 2. The first-order valence-corrected chi connectivity index (χ1v) is 4.27. The van der Waals surface area contributed by atoms with Crippen molar-refractivity contribution in [2.24, 2.45) is 0 Å². The maximum absolute atomic E-state index is 9.11. The van der Waals surface area contributed by atoms with E-state index >= 15 is 0 Å². The van der Waals surface area contributed by atoms with Crippen LogP contribution in [-0.4, -0.2) is 16.3 Å². The van der Waals surface area contributed by atoms with Crippen molar-refractivity contribution in [3.63, 3.8) is 0 Å². The van der Waals surface area contributed by atoms with E-state index in [2.05, 4.69) is 10.3 Å². The van der Waals surface area contributed by atoms with E-state index in [9.17, 15) is 0 Å². The van der Waals surface area contributed by atoms with Crippen LogP contribution in [0.4, 0.5) is 5.69 Å². The molecule has 0 aliphatic heterocycles. The van der Waals surface area contributed by atoms with Gasteiger partial charge in [0.05, 0.1) is 0 Å². The number of anilines is 1. The summed E-state index contributed by atoms with van der Waals surface area (Å²) in [4.78, 5) is 3.11. The van der Waals surface area contributed by atoms with Crippen molar-refractivity contribution in [1.29, 1.82) is 0 Å². The molecule has 2 rings (SSSR count).